The van der Waals surface area contributed by atoms with Crippen LogP contribution in [0.15, 0.2) is 24.3 Å². The van der Waals surface area contributed by atoms with Crippen molar-refractivity contribution < 1.29 is 9.53 Å². The van der Waals surface area contributed by atoms with Crippen LogP contribution >= 0.6 is 11.8 Å². The van der Waals surface area contributed by atoms with Crippen LogP contribution in [0, 0.1) is 5.92 Å². The standard InChI is InChI=1S/C20H32N2O2S/c1-4-22(20(23)16-25-3)15-18-8-6-11-21(14-18)12-10-17-7-5-9-19(13-17)24-2/h5,7,9,13,18H,4,6,8,10-12,14-16H2,1-3H3/t18-/m0/s1. The predicted octanol–water partition coefficient (Wildman–Crippen LogP) is 3.16. The van der Waals surface area contributed by atoms with Crippen LogP contribution in [0.25, 0.3) is 0 Å². The molecule has 1 amide bonds. The molecule has 0 spiro atoms. The van der Waals surface area contributed by atoms with E-state index in [9.17, 15) is 4.79 Å². The van der Waals surface area contributed by atoms with Crippen molar-refractivity contribution in [2.24, 2.45) is 5.92 Å². The summed E-state index contributed by atoms with van der Waals surface area (Å²) in [4.78, 5) is 16.8. The van der Waals surface area contributed by atoms with E-state index in [0.29, 0.717) is 11.7 Å². The number of methoxy groups -OCH3 is 1. The van der Waals surface area contributed by atoms with Gasteiger partial charge in [0.2, 0.25) is 5.91 Å². The van der Waals surface area contributed by atoms with E-state index in [1.165, 1.54) is 24.9 Å². The first kappa shape index (κ1) is 20.1. The van der Waals surface area contributed by atoms with Crippen molar-refractivity contribution in [1.82, 2.24) is 9.80 Å². The lowest BCUT2D eigenvalue weighted by molar-refractivity contribution is -0.129. The lowest BCUT2D eigenvalue weighted by Gasteiger charge is -2.35. The summed E-state index contributed by atoms with van der Waals surface area (Å²) >= 11 is 1.61. The second-order valence-corrected chi connectivity index (χ2v) is 7.64. The van der Waals surface area contributed by atoms with Gasteiger partial charge in [0.05, 0.1) is 12.9 Å². The van der Waals surface area contributed by atoms with Gasteiger partial charge in [0.15, 0.2) is 0 Å². The van der Waals surface area contributed by atoms with Gasteiger partial charge in [-0.05, 0) is 62.6 Å². The highest BCUT2D eigenvalue weighted by Gasteiger charge is 2.23. The normalized spacial score (nSPS) is 18.1. The Hall–Kier alpha value is -1.20. The van der Waals surface area contributed by atoms with Crippen LogP contribution in [0.5, 0.6) is 5.75 Å². The van der Waals surface area contributed by atoms with Gasteiger partial charge in [0.25, 0.3) is 0 Å². The fraction of sp³-hybridized carbons (Fsp3) is 0.650. The number of rotatable bonds is 9. The Morgan fingerprint density at radius 2 is 2.28 bits per heavy atom. The molecule has 1 aliphatic heterocycles. The Morgan fingerprint density at radius 1 is 1.44 bits per heavy atom. The first-order valence-electron chi connectivity index (χ1n) is 9.28. The molecule has 1 aromatic rings. The molecule has 4 nitrogen and oxygen atoms in total. The lowest BCUT2D eigenvalue weighted by Crippen LogP contribution is -2.43. The molecule has 1 heterocycles. The number of benzene rings is 1. The van der Waals surface area contributed by atoms with Crippen LogP contribution < -0.4 is 4.74 Å². The molecule has 0 bridgehead atoms. The Balaban J connectivity index is 1.82. The molecule has 0 aromatic heterocycles. The highest BCUT2D eigenvalue weighted by atomic mass is 32.2. The van der Waals surface area contributed by atoms with Gasteiger partial charge in [-0.15, -0.1) is 0 Å². The summed E-state index contributed by atoms with van der Waals surface area (Å²) in [6.07, 6.45) is 5.51. The first-order valence-corrected chi connectivity index (χ1v) is 10.7. The minimum Gasteiger partial charge on any atom is -0.497 e. The maximum atomic E-state index is 12.2. The summed E-state index contributed by atoms with van der Waals surface area (Å²) in [7, 11) is 1.71. The molecule has 140 valence electrons. The van der Waals surface area contributed by atoms with Gasteiger partial charge in [-0.1, -0.05) is 12.1 Å². The second-order valence-electron chi connectivity index (χ2n) is 6.78. The molecule has 0 aliphatic carbocycles. The van der Waals surface area contributed by atoms with Gasteiger partial charge in [-0.25, -0.2) is 0 Å². The van der Waals surface area contributed by atoms with Crippen LogP contribution in [0.1, 0.15) is 25.3 Å². The molecule has 1 saturated heterocycles. The topological polar surface area (TPSA) is 32.8 Å². The van der Waals surface area contributed by atoms with E-state index in [1.54, 1.807) is 18.9 Å². The number of carbonyl (C=O) groups excluding carboxylic acids is 1. The van der Waals surface area contributed by atoms with E-state index in [4.69, 9.17) is 4.74 Å². The Kier molecular flexibility index (Phi) is 8.62. The molecule has 1 fully saturated rings. The van der Waals surface area contributed by atoms with Crippen LogP contribution in [-0.2, 0) is 11.2 Å². The average molecular weight is 365 g/mol. The number of ether oxygens (including phenoxy) is 1. The third-order valence-electron chi connectivity index (χ3n) is 4.93. The molecule has 0 unspecified atom stereocenters. The average Bonchev–Trinajstić information content (AvgIpc) is 2.65. The largest absolute Gasteiger partial charge is 0.497 e. The maximum absolute atomic E-state index is 12.2. The molecule has 0 radical (unpaired) electrons. The Labute approximate surface area is 156 Å². The van der Waals surface area contributed by atoms with Gasteiger partial charge >= 0.3 is 0 Å². The molecule has 0 N–H and O–H groups in total. The van der Waals surface area contributed by atoms with Crippen LogP contribution in [0.4, 0.5) is 0 Å². The minimum absolute atomic E-state index is 0.281. The molecule has 25 heavy (non-hydrogen) atoms. The fourth-order valence-electron chi connectivity index (χ4n) is 3.55. The molecule has 0 saturated carbocycles. The number of piperidine rings is 1. The second kappa shape index (κ2) is 10.7. The van der Waals surface area contributed by atoms with E-state index in [2.05, 4.69) is 30.0 Å². The molecular formula is C20H32N2O2S. The van der Waals surface area contributed by atoms with Crippen LogP contribution in [0.2, 0.25) is 0 Å². The summed E-state index contributed by atoms with van der Waals surface area (Å²) in [5, 5.41) is 0. The molecule has 2 rings (SSSR count). The number of amides is 1. The monoisotopic (exact) mass is 364 g/mol. The zero-order chi connectivity index (χ0) is 18.1. The van der Waals surface area contributed by atoms with Crippen molar-refractivity contribution in [2.45, 2.75) is 26.2 Å². The van der Waals surface area contributed by atoms with Crippen molar-refractivity contribution in [1.29, 1.82) is 0 Å². The lowest BCUT2D eigenvalue weighted by atomic mass is 9.97. The summed E-state index contributed by atoms with van der Waals surface area (Å²) < 4.78 is 5.31. The number of likely N-dealkylation sites (tertiary alicyclic amines) is 1. The summed E-state index contributed by atoms with van der Waals surface area (Å²) in [6, 6.07) is 8.35. The van der Waals surface area contributed by atoms with Gasteiger partial charge in [-0.3, -0.25) is 4.79 Å². The zero-order valence-corrected chi connectivity index (χ0v) is 16.7. The third-order valence-corrected chi connectivity index (χ3v) is 5.47. The molecule has 1 aliphatic rings. The zero-order valence-electron chi connectivity index (χ0n) is 15.9. The SMILES string of the molecule is CCN(C[C@H]1CCCN(CCc2cccc(OC)c2)C1)C(=O)CSC. The number of thioether (sulfide) groups is 1. The van der Waals surface area contributed by atoms with E-state index >= 15 is 0 Å². The summed E-state index contributed by atoms with van der Waals surface area (Å²) in [5.74, 6) is 2.41. The molecule has 1 aromatic carbocycles. The fourth-order valence-corrected chi connectivity index (χ4v) is 3.98. The van der Waals surface area contributed by atoms with Gasteiger partial charge < -0.3 is 14.5 Å². The van der Waals surface area contributed by atoms with Gasteiger partial charge in [0.1, 0.15) is 5.75 Å². The van der Waals surface area contributed by atoms with Crippen LogP contribution in [0.3, 0.4) is 0 Å². The van der Waals surface area contributed by atoms with E-state index in [0.717, 1.165) is 38.3 Å². The minimum atomic E-state index is 0.281. The molecule has 5 heteroatoms. The summed E-state index contributed by atoms with van der Waals surface area (Å²) in [6.45, 7) is 7.17. The number of carbonyl (C=O) groups is 1. The maximum Gasteiger partial charge on any atom is 0.232 e. The third kappa shape index (κ3) is 6.55. The molecular weight excluding hydrogens is 332 g/mol. The van der Waals surface area contributed by atoms with Crippen molar-refractivity contribution in [2.75, 3.05) is 51.8 Å². The molecule has 1 atom stereocenters. The highest BCUT2D eigenvalue weighted by Crippen LogP contribution is 2.19. The van der Waals surface area contributed by atoms with Gasteiger partial charge in [-0.2, -0.15) is 11.8 Å². The Morgan fingerprint density at radius 3 is 3.00 bits per heavy atom. The van der Waals surface area contributed by atoms with E-state index in [-0.39, 0.29) is 5.91 Å². The van der Waals surface area contributed by atoms with E-state index < -0.39 is 0 Å². The van der Waals surface area contributed by atoms with Crippen molar-refractivity contribution in [3.05, 3.63) is 29.8 Å². The number of nitrogens with zero attached hydrogens (tertiary/aromatic N) is 2. The first-order chi connectivity index (χ1) is 12.2. The highest BCUT2D eigenvalue weighted by molar-refractivity contribution is 7.99. The predicted molar refractivity (Wildman–Crippen MR) is 106 cm³/mol. The quantitative estimate of drug-likeness (QED) is 0.674. The van der Waals surface area contributed by atoms with Crippen molar-refractivity contribution in [3.63, 3.8) is 0 Å². The van der Waals surface area contributed by atoms with Crippen LogP contribution in [-0.4, -0.2) is 67.5 Å². The van der Waals surface area contributed by atoms with Crippen molar-refractivity contribution >= 4 is 17.7 Å². The Bertz CT molecular complexity index is 538. The number of hydrogen-bond donors (Lipinski definition) is 0. The summed E-state index contributed by atoms with van der Waals surface area (Å²) in [5.41, 5.74) is 1.33. The van der Waals surface area contributed by atoms with Gasteiger partial charge in [0, 0.05) is 26.2 Å². The smallest absolute Gasteiger partial charge is 0.232 e. The number of hydrogen-bond acceptors (Lipinski definition) is 4. The van der Waals surface area contributed by atoms with Crippen molar-refractivity contribution in [3.8, 4) is 5.75 Å². The van der Waals surface area contributed by atoms with E-state index in [1.807, 2.05) is 17.2 Å².